The molecular formula is C25H26Cl2FN3O2. The maximum Gasteiger partial charge on any atom is 0.202 e. The Labute approximate surface area is 203 Å². The predicted octanol–water partition coefficient (Wildman–Crippen LogP) is 6.07. The second kappa shape index (κ2) is 11.8. The molecule has 0 spiro atoms. The van der Waals surface area contributed by atoms with Crippen molar-refractivity contribution in [2.75, 3.05) is 13.2 Å². The average molecular weight is 490 g/mol. The minimum atomic E-state index is -0.280. The normalized spacial score (nSPS) is 10.7. The molecule has 0 fully saturated rings. The second-order valence-electron chi connectivity index (χ2n) is 7.43. The fraction of sp³-hybridized carbons (Fsp3) is 0.240. The van der Waals surface area contributed by atoms with Crippen molar-refractivity contribution in [2.24, 2.45) is 0 Å². The molecule has 3 aromatic carbocycles. The number of nitrogens with zero attached hydrogens (tertiary/aromatic N) is 2. The van der Waals surface area contributed by atoms with Gasteiger partial charge in [0.05, 0.1) is 24.2 Å². The van der Waals surface area contributed by atoms with Gasteiger partial charge in [-0.2, -0.15) is 0 Å². The number of nitrogens with one attached hydrogen (secondary N) is 1. The van der Waals surface area contributed by atoms with Gasteiger partial charge in [0.25, 0.3) is 0 Å². The number of halogens is 3. The Balaban J connectivity index is 0.00000306. The summed E-state index contributed by atoms with van der Waals surface area (Å²) in [5.74, 6) is 1.15. The minimum absolute atomic E-state index is 0. The molecule has 4 rings (SSSR count). The average Bonchev–Trinajstić information content (AvgIpc) is 3.07. The summed E-state index contributed by atoms with van der Waals surface area (Å²) in [7, 11) is 0. The van der Waals surface area contributed by atoms with Crippen molar-refractivity contribution in [3.63, 3.8) is 0 Å². The zero-order chi connectivity index (χ0) is 22.3. The highest BCUT2D eigenvalue weighted by molar-refractivity contribution is 6.30. The molecule has 0 bridgehead atoms. The second-order valence-corrected chi connectivity index (χ2v) is 7.86. The maximum atomic E-state index is 13.0. The molecule has 174 valence electrons. The molecule has 1 heterocycles. The van der Waals surface area contributed by atoms with Crippen molar-refractivity contribution < 1.29 is 13.9 Å². The number of fused-ring (bicyclic) bond motifs is 1. The summed E-state index contributed by atoms with van der Waals surface area (Å²) in [4.78, 5) is 0. The van der Waals surface area contributed by atoms with Gasteiger partial charge in [0.2, 0.25) is 5.62 Å². The Morgan fingerprint density at radius 3 is 1.67 bits per heavy atom. The van der Waals surface area contributed by atoms with Crippen molar-refractivity contribution in [3.8, 4) is 11.5 Å². The molecule has 1 aromatic heterocycles. The molecule has 1 N–H and O–H groups in total. The number of imidazole rings is 1. The van der Waals surface area contributed by atoms with Crippen LogP contribution in [-0.2, 0) is 13.1 Å². The third kappa shape index (κ3) is 6.30. The van der Waals surface area contributed by atoms with Crippen molar-refractivity contribution in [2.45, 2.75) is 25.9 Å². The largest absolute Gasteiger partial charge is 0.494 e. The Bertz CT molecular complexity index is 1130. The van der Waals surface area contributed by atoms with Gasteiger partial charge in [0.1, 0.15) is 17.3 Å². The van der Waals surface area contributed by atoms with Gasteiger partial charge in [-0.1, -0.05) is 23.7 Å². The van der Waals surface area contributed by atoms with Gasteiger partial charge in [-0.15, -0.1) is 12.4 Å². The number of hydrogen-bond donors (Lipinski definition) is 1. The first-order chi connectivity index (χ1) is 15.6. The molecule has 0 atom stereocenters. The predicted molar refractivity (Wildman–Crippen MR) is 131 cm³/mol. The van der Waals surface area contributed by atoms with Crippen LogP contribution in [-0.4, -0.2) is 22.3 Å². The van der Waals surface area contributed by atoms with Crippen LogP contribution in [0.5, 0.6) is 11.5 Å². The lowest BCUT2D eigenvalue weighted by Crippen LogP contribution is -2.26. The van der Waals surface area contributed by atoms with E-state index in [9.17, 15) is 4.39 Å². The van der Waals surface area contributed by atoms with Crippen LogP contribution in [0.4, 0.5) is 4.39 Å². The monoisotopic (exact) mass is 489 g/mol. The van der Waals surface area contributed by atoms with Gasteiger partial charge in [-0.3, -0.25) is 5.41 Å². The van der Waals surface area contributed by atoms with Crippen LogP contribution < -0.4 is 15.1 Å². The van der Waals surface area contributed by atoms with Crippen LogP contribution in [0.15, 0.2) is 72.8 Å². The van der Waals surface area contributed by atoms with Crippen molar-refractivity contribution in [1.82, 2.24) is 9.13 Å². The third-order valence-corrected chi connectivity index (χ3v) is 5.44. The summed E-state index contributed by atoms with van der Waals surface area (Å²) in [6.07, 6.45) is 1.52. The topological polar surface area (TPSA) is 52.2 Å². The minimum Gasteiger partial charge on any atom is -0.494 e. The molecule has 0 saturated heterocycles. The van der Waals surface area contributed by atoms with Crippen LogP contribution in [0, 0.1) is 11.2 Å². The molecule has 0 aliphatic rings. The maximum absolute atomic E-state index is 13.0. The van der Waals surface area contributed by atoms with E-state index >= 15 is 0 Å². The van der Waals surface area contributed by atoms with E-state index in [0.717, 1.165) is 29.6 Å². The first-order valence-corrected chi connectivity index (χ1v) is 11.0. The number of aryl methyl sites for hydroxylation is 2. The van der Waals surface area contributed by atoms with Gasteiger partial charge in [-0.25, -0.2) is 4.39 Å². The molecule has 33 heavy (non-hydrogen) atoms. The molecular weight excluding hydrogens is 464 g/mol. The van der Waals surface area contributed by atoms with Gasteiger partial charge in [0, 0.05) is 18.1 Å². The first kappa shape index (κ1) is 24.7. The van der Waals surface area contributed by atoms with Crippen molar-refractivity contribution in [1.29, 1.82) is 5.41 Å². The number of aromatic nitrogens is 2. The molecule has 4 aromatic rings. The van der Waals surface area contributed by atoms with E-state index in [1.54, 1.807) is 24.3 Å². The Kier molecular flexibility index (Phi) is 8.80. The fourth-order valence-electron chi connectivity index (χ4n) is 3.63. The Morgan fingerprint density at radius 2 is 1.18 bits per heavy atom. The van der Waals surface area contributed by atoms with Crippen LogP contribution in [0.1, 0.15) is 12.8 Å². The fourth-order valence-corrected chi connectivity index (χ4v) is 3.76. The van der Waals surface area contributed by atoms with Crippen LogP contribution in [0.2, 0.25) is 5.02 Å². The van der Waals surface area contributed by atoms with E-state index in [1.807, 2.05) is 45.5 Å². The molecule has 0 unspecified atom stereocenters. The standard InChI is InChI=1S/C25H25ClFN3O2.ClH/c26-19-7-11-21(12-8-19)31-17-3-15-29-23-5-1-2-6-24(23)30(25(29)28)16-4-18-32-22-13-9-20(27)10-14-22;/h1-2,5-14,28H,3-4,15-18H2;1H. The summed E-state index contributed by atoms with van der Waals surface area (Å²) in [5, 5.41) is 9.39. The molecule has 0 radical (unpaired) electrons. The van der Waals surface area contributed by atoms with E-state index in [1.165, 1.54) is 12.1 Å². The molecule has 5 nitrogen and oxygen atoms in total. The third-order valence-electron chi connectivity index (χ3n) is 5.19. The van der Waals surface area contributed by atoms with Crippen LogP contribution in [0.3, 0.4) is 0 Å². The summed E-state index contributed by atoms with van der Waals surface area (Å²) in [6.45, 7) is 2.40. The zero-order valence-corrected chi connectivity index (χ0v) is 19.6. The smallest absolute Gasteiger partial charge is 0.202 e. The number of benzene rings is 3. The Morgan fingerprint density at radius 1 is 0.727 bits per heavy atom. The molecule has 0 aliphatic heterocycles. The number of rotatable bonds is 10. The van der Waals surface area contributed by atoms with E-state index in [-0.39, 0.29) is 18.2 Å². The lowest BCUT2D eigenvalue weighted by Gasteiger charge is -2.08. The summed E-state index contributed by atoms with van der Waals surface area (Å²) < 4.78 is 28.5. The van der Waals surface area contributed by atoms with Crippen LogP contribution >= 0.6 is 24.0 Å². The van der Waals surface area contributed by atoms with Crippen molar-refractivity contribution in [3.05, 3.63) is 89.3 Å². The molecule has 0 amide bonds. The quantitative estimate of drug-likeness (QED) is 0.274. The van der Waals surface area contributed by atoms with E-state index in [0.29, 0.717) is 42.7 Å². The summed E-state index contributed by atoms with van der Waals surface area (Å²) in [5.41, 5.74) is 2.51. The van der Waals surface area contributed by atoms with Gasteiger partial charge in [-0.05, 0) is 73.5 Å². The van der Waals surface area contributed by atoms with Gasteiger partial charge >= 0.3 is 0 Å². The number of hydrogen-bond acceptors (Lipinski definition) is 3. The van der Waals surface area contributed by atoms with Gasteiger partial charge in [0.15, 0.2) is 0 Å². The lowest BCUT2D eigenvalue weighted by atomic mass is 10.3. The molecule has 0 aliphatic carbocycles. The number of ether oxygens (including phenoxy) is 2. The summed E-state index contributed by atoms with van der Waals surface area (Å²) in [6, 6.07) is 21.4. The van der Waals surface area contributed by atoms with Gasteiger partial charge < -0.3 is 18.6 Å². The van der Waals surface area contributed by atoms with E-state index in [2.05, 4.69) is 0 Å². The highest BCUT2D eigenvalue weighted by Crippen LogP contribution is 2.17. The SMILES string of the molecule is Cl.N=c1n(CCCOc2ccc(F)cc2)c2ccccc2n1CCCOc1ccc(Cl)cc1. The number of para-hydroxylation sites is 2. The first-order valence-electron chi connectivity index (χ1n) is 10.6. The van der Waals surface area contributed by atoms with E-state index in [4.69, 9.17) is 26.5 Å². The highest BCUT2D eigenvalue weighted by atomic mass is 35.5. The molecule has 8 heteroatoms. The summed E-state index contributed by atoms with van der Waals surface area (Å²) >= 11 is 5.91. The van der Waals surface area contributed by atoms with E-state index < -0.39 is 0 Å². The van der Waals surface area contributed by atoms with Crippen molar-refractivity contribution >= 4 is 35.0 Å². The highest BCUT2D eigenvalue weighted by Gasteiger charge is 2.10. The molecule has 0 saturated carbocycles. The lowest BCUT2D eigenvalue weighted by molar-refractivity contribution is 0.297. The van der Waals surface area contributed by atoms with Crippen LogP contribution in [0.25, 0.3) is 11.0 Å². The Hall–Kier alpha value is -2.96. The zero-order valence-electron chi connectivity index (χ0n) is 18.0.